The number of aliphatic hydroxyl groups excluding tert-OH is 8. The van der Waals surface area contributed by atoms with E-state index < -0.39 is 117 Å². The van der Waals surface area contributed by atoms with Gasteiger partial charge in [-0.2, -0.15) is 0 Å². The second-order valence-corrected chi connectivity index (χ2v) is 10.3. The summed E-state index contributed by atoms with van der Waals surface area (Å²) in [5.74, 6) is 0. The maximum absolute atomic E-state index is 11.1. The first kappa shape index (κ1) is 30.3. The topological polar surface area (TPSA) is 298 Å². The minimum atomic E-state index is -1.73. The summed E-state index contributed by atoms with van der Waals surface area (Å²) < 4.78 is 28.5. The second kappa shape index (κ2) is 12.0. The van der Waals surface area contributed by atoms with Crippen molar-refractivity contribution >= 4 is 0 Å². The predicted molar refractivity (Wildman–Crippen MR) is 122 cm³/mol. The van der Waals surface area contributed by atoms with Crippen molar-refractivity contribution in [3.05, 3.63) is 0 Å². The van der Waals surface area contributed by atoms with Gasteiger partial charge in [-0.25, -0.2) is 0 Å². The molecule has 0 aromatic carbocycles. The zero-order chi connectivity index (χ0) is 28.0. The van der Waals surface area contributed by atoms with Crippen LogP contribution < -0.4 is 22.5 Å². The molecule has 222 valence electrons. The molecule has 0 amide bonds. The Morgan fingerprint density at radius 1 is 0.684 bits per heavy atom. The first-order valence-electron chi connectivity index (χ1n) is 12.5. The van der Waals surface area contributed by atoms with Gasteiger partial charge < -0.3 is 87.1 Å². The molecule has 15 N–H and O–H groups in total. The summed E-state index contributed by atoms with van der Waals surface area (Å²) in [4.78, 5) is 0. The van der Waals surface area contributed by atoms with E-state index in [1.165, 1.54) is 7.05 Å². The number of rotatable bonds is 6. The molecule has 4 aliphatic rings. The molecular formula is C21H40N4O13. The molecule has 0 spiro atoms. The van der Waals surface area contributed by atoms with Gasteiger partial charge in [0.1, 0.15) is 61.0 Å². The van der Waals surface area contributed by atoms with Gasteiger partial charge in [-0.1, -0.05) is 0 Å². The minimum absolute atomic E-state index is 0.143. The lowest BCUT2D eigenvalue weighted by molar-refractivity contribution is -0.388. The molecule has 3 saturated heterocycles. The van der Waals surface area contributed by atoms with Crippen molar-refractivity contribution in [1.29, 1.82) is 0 Å². The molecule has 3 aliphatic heterocycles. The maximum atomic E-state index is 11.1. The summed E-state index contributed by atoms with van der Waals surface area (Å²) in [7, 11) is 1.47. The van der Waals surface area contributed by atoms with Crippen molar-refractivity contribution in [2.75, 3.05) is 13.7 Å². The summed E-state index contributed by atoms with van der Waals surface area (Å²) in [6.07, 6.45) is -19.7. The van der Waals surface area contributed by atoms with Gasteiger partial charge >= 0.3 is 0 Å². The Morgan fingerprint density at radius 2 is 1.32 bits per heavy atom. The summed E-state index contributed by atoms with van der Waals surface area (Å²) in [5.41, 5.74) is 18.0. The van der Waals surface area contributed by atoms with Crippen LogP contribution in [0.3, 0.4) is 0 Å². The quantitative estimate of drug-likeness (QED) is 0.144. The Morgan fingerprint density at radius 3 is 1.95 bits per heavy atom. The molecule has 38 heavy (non-hydrogen) atoms. The molecule has 1 aliphatic carbocycles. The number of hydrogen-bond acceptors (Lipinski definition) is 17. The summed E-state index contributed by atoms with van der Waals surface area (Å²) in [6.45, 7) is -0.676. The van der Waals surface area contributed by atoms with Crippen molar-refractivity contribution in [2.45, 2.75) is 117 Å². The van der Waals surface area contributed by atoms with Crippen LogP contribution in [0.4, 0.5) is 0 Å². The van der Waals surface area contributed by atoms with E-state index in [1.807, 2.05) is 0 Å². The Bertz CT molecular complexity index is 787. The van der Waals surface area contributed by atoms with E-state index in [0.29, 0.717) is 0 Å². The van der Waals surface area contributed by atoms with E-state index in [9.17, 15) is 40.9 Å². The fourth-order valence-corrected chi connectivity index (χ4v) is 5.42. The number of aliphatic hydroxyl groups is 8. The van der Waals surface area contributed by atoms with Crippen LogP contribution in [0.25, 0.3) is 0 Å². The minimum Gasteiger partial charge on any atom is -0.394 e. The zero-order valence-electron chi connectivity index (χ0n) is 20.7. The van der Waals surface area contributed by atoms with Crippen molar-refractivity contribution in [3.63, 3.8) is 0 Å². The van der Waals surface area contributed by atoms with Gasteiger partial charge in [0.2, 0.25) is 0 Å². The van der Waals surface area contributed by atoms with Gasteiger partial charge in [-0.15, -0.1) is 0 Å². The van der Waals surface area contributed by atoms with Crippen LogP contribution in [0.5, 0.6) is 0 Å². The van der Waals surface area contributed by atoms with E-state index in [-0.39, 0.29) is 6.42 Å². The number of nitrogens with two attached hydrogens (primary N) is 3. The number of ether oxygens (including phenoxy) is 5. The molecule has 18 unspecified atom stereocenters. The van der Waals surface area contributed by atoms with Gasteiger partial charge in [0.05, 0.1) is 24.8 Å². The van der Waals surface area contributed by atoms with Crippen LogP contribution in [-0.4, -0.2) is 165 Å². The highest BCUT2D eigenvalue weighted by atomic mass is 16.8. The highest BCUT2D eigenvalue weighted by Gasteiger charge is 2.57. The SMILES string of the molecule is CNC1C(OC2OC(CO)C(O)C(O)C2O)OC2C(O)C(N)C(OC3C(N)CC(N)C(O)C3O)OC2C1O. The summed E-state index contributed by atoms with van der Waals surface area (Å²) >= 11 is 0. The van der Waals surface area contributed by atoms with Gasteiger partial charge in [0.25, 0.3) is 0 Å². The fourth-order valence-electron chi connectivity index (χ4n) is 5.42. The highest BCUT2D eigenvalue weighted by Crippen LogP contribution is 2.35. The second-order valence-electron chi connectivity index (χ2n) is 10.3. The monoisotopic (exact) mass is 556 g/mol. The van der Waals surface area contributed by atoms with Crippen LogP contribution in [0, 0.1) is 0 Å². The van der Waals surface area contributed by atoms with E-state index in [2.05, 4.69) is 5.32 Å². The number of likely N-dealkylation sites (N-methyl/N-ethyl adjacent to an activating group) is 1. The molecule has 0 aromatic rings. The molecule has 17 nitrogen and oxygen atoms in total. The molecule has 1 saturated carbocycles. The first-order chi connectivity index (χ1) is 17.9. The third-order valence-corrected chi connectivity index (χ3v) is 7.78. The summed E-state index contributed by atoms with van der Waals surface area (Å²) in [6, 6.07) is -3.83. The van der Waals surface area contributed by atoms with E-state index in [0.717, 1.165) is 0 Å². The van der Waals surface area contributed by atoms with Gasteiger partial charge in [0.15, 0.2) is 18.9 Å². The molecule has 4 fully saturated rings. The van der Waals surface area contributed by atoms with Crippen molar-refractivity contribution in [2.24, 2.45) is 17.2 Å². The molecule has 4 rings (SSSR count). The predicted octanol–water partition coefficient (Wildman–Crippen LogP) is -7.94. The lowest BCUT2D eigenvalue weighted by Crippen LogP contribution is -2.74. The van der Waals surface area contributed by atoms with Crippen molar-refractivity contribution < 1.29 is 64.5 Å². The van der Waals surface area contributed by atoms with Crippen LogP contribution >= 0.6 is 0 Å². The smallest absolute Gasteiger partial charge is 0.189 e. The van der Waals surface area contributed by atoms with E-state index >= 15 is 0 Å². The van der Waals surface area contributed by atoms with Crippen LogP contribution in [0.15, 0.2) is 0 Å². The molecule has 0 bridgehead atoms. The molecule has 3 heterocycles. The summed E-state index contributed by atoms with van der Waals surface area (Å²) in [5, 5.41) is 85.2. The Balaban J connectivity index is 1.48. The van der Waals surface area contributed by atoms with E-state index in [4.69, 9.17) is 40.9 Å². The largest absolute Gasteiger partial charge is 0.394 e. The van der Waals surface area contributed by atoms with Gasteiger partial charge in [-0.3, -0.25) is 0 Å². The van der Waals surface area contributed by atoms with Gasteiger partial charge in [-0.05, 0) is 13.5 Å². The Labute approximate surface area is 218 Å². The molecule has 0 aromatic heterocycles. The molecular weight excluding hydrogens is 516 g/mol. The lowest BCUT2D eigenvalue weighted by Gasteiger charge is -2.53. The number of hydrogen-bond donors (Lipinski definition) is 12. The number of fused-ring (bicyclic) bond motifs is 1. The van der Waals surface area contributed by atoms with Gasteiger partial charge in [0, 0.05) is 12.1 Å². The third-order valence-electron chi connectivity index (χ3n) is 7.78. The van der Waals surface area contributed by atoms with E-state index in [1.54, 1.807) is 0 Å². The Hall–Kier alpha value is -0.680. The fraction of sp³-hybridized carbons (Fsp3) is 1.00. The standard InChI is InChI=1S/C21H40N4O13/c1-25-8-12(30)18-17(37-20(8)38-21-15(33)13(31)10(28)6(3-26)34-21)11(29)7(24)19(36-18)35-16-5(23)2-4(22)9(27)14(16)32/h4-21,25-33H,2-3,22-24H2,1H3. The first-order valence-corrected chi connectivity index (χ1v) is 12.5. The normalized spacial score (nSPS) is 55.9. The highest BCUT2D eigenvalue weighted by molar-refractivity contribution is 5.04. The van der Waals surface area contributed by atoms with Crippen LogP contribution in [0.1, 0.15) is 6.42 Å². The molecule has 0 radical (unpaired) electrons. The zero-order valence-corrected chi connectivity index (χ0v) is 20.7. The average Bonchev–Trinajstić information content (AvgIpc) is 2.89. The molecule has 18 atom stereocenters. The maximum Gasteiger partial charge on any atom is 0.189 e. The van der Waals surface area contributed by atoms with Crippen molar-refractivity contribution in [1.82, 2.24) is 5.32 Å². The third kappa shape index (κ3) is 5.46. The van der Waals surface area contributed by atoms with Crippen LogP contribution in [0.2, 0.25) is 0 Å². The number of nitrogens with one attached hydrogen (secondary N) is 1. The van der Waals surface area contributed by atoms with Crippen LogP contribution in [-0.2, 0) is 23.7 Å². The Kier molecular flexibility index (Phi) is 9.60. The molecule has 17 heteroatoms. The lowest BCUT2D eigenvalue weighted by atomic mass is 9.84. The average molecular weight is 557 g/mol. The van der Waals surface area contributed by atoms with Crippen molar-refractivity contribution in [3.8, 4) is 0 Å².